The smallest absolute Gasteiger partial charge is 0.177 e. The van der Waals surface area contributed by atoms with Crippen LogP contribution in [0.1, 0.15) is 5.56 Å². The molecule has 0 unspecified atom stereocenters. The number of benzene rings is 1. The Labute approximate surface area is 89.6 Å². The first-order valence-corrected chi connectivity index (χ1v) is 6.16. The van der Waals surface area contributed by atoms with Crippen LogP contribution in [0.5, 0.6) is 0 Å². The molecule has 14 heavy (non-hydrogen) atoms. The summed E-state index contributed by atoms with van der Waals surface area (Å²) in [7, 11) is 0. The van der Waals surface area contributed by atoms with Gasteiger partial charge in [0.1, 0.15) is 0 Å². The fourth-order valence-corrected chi connectivity index (χ4v) is 3.11. The molecular weight excluding hydrogens is 219 g/mol. The summed E-state index contributed by atoms with van der Waals surface area (Å²) in [5.41, 5.74) is 0.864. The quantitative estimate of drug-likeness (QED) is 0.796. The van der Waals surface area contributed by atoms with E-state index in [2.05, 4.69) is 0 Å². The maximum Gasteiger partial charge on any atom is 0.177 e. The molecule has 2 rings (SSSR count). The Morgan fingerprint density at radius 2 is 2.29 bits per heavy atom. The molecule has 0 aliphatic rings. The minimum Gasteiger partial charge on any atom is -0.392 e. The van der Waals surface area contributed by atoms with Gasteiger partial charge in [0.15, 0.2) is 5.13 Å². The van der Waals surface area contributed by atoms with E-state index in [1.807, 2.05) is 18.4 Å². The van der Waals surface area contributed by atoms with Crippen LogP contribution in [0.4, 0.5) is 4.39 Å². The van der Waals surface area contributed by atoms with E-state index in [9.17, 15) is 4.39 Å². The second kappa shape index (κ2) is 3.88. The molecule has 0 fully saturated rings. The summed E-state index contributed by atoms with van der Waals surface area (Å²) in [4.78, 5) is 0.977. The molecule has 2 aromatic rings. The highest BCUT2D eigenvalue weighted by atomic mass is 32.2. The lowest BCUT2D eigenvalue weighted by molar-refractivity contribution is 0.279. The SMILES string of the molecule is CSc1c(CO)ccc2sc(F)cc12. The topological polar surface area (TPSA) is 20.2 Å². The van der Waals surface area contributed by atoms with Crippen molar-refractivity contribution in [2.75, 3.05) is 6.26 Å². The molecule has 0 saturated heterocycles. The fraction of sp³-hybridized carbons (Fsp3) is 0.200. The molecule has 0 bridgehead atoms. The van der Waals surface area contributed by atoms with E-state index in [0.29, 0.717) is 0 Å². The van der Waals surface area contributed by atoms with E-state index in [1.54, 1.807) is 11.8 Å². The van der Waals surface area contributed by atoms with Crippen molar-refractivity contribution < 1.29 is 9.50 Å². The Kier molecular flexibility index (Phi) is 2.76. The number of thiophene rings is 1. The van der Waals surface area contributed by atoms with E-state index in [-0.39, 0.29) is 11.7 Å². The predicted molar refractivity (Wildman–Crippen MR) is 59.5 cm³/mol. The fourth-order valence-electron chi connectivity index (χ4n) is 1.47. The molecule has 0 aliphatic carbocycles. The highest BCUT2D eigenvalue weighted by Gasteiger charge is 2.09. The highest BCUT2D eigenvalue weighted by molar-refractivity contribution is 7.98. The van der Waals surface area contributed by atoms with Gasteiger partial charge in [0.2, 0.25) is 0 Å². The second-order valence-corrected chi connectivity index (χ2v) is 4.73. The third kappa shape index (κ3) is 1.54. The molecule has 0 atom stereocenters. The van der Waals surface area contributed by atoms with Gasteiger partial charge in [-0.2, -0.15) is 4.39 Å². The molecule has 0 amide bonds. The monoisotopic (exact) mass is 228 g/mol. The zero-order chi connectivity index (χ0) is 10.1. The minimum absolute atomic E-state index is 0.00355. The Morgan fingerprint density at radius 1 is 1.50 bits per heavy atom. The van der Waals surface area contributed by atoms with Gasteiger partial charge in [-0.05, 0) is 24.0 Å². The number of rotatable bonds is 2. The van der Waals surface area contributed by atoms with Crippen molar-refractivity contribution in [2.24, 2.45) is 0 Å². The maximum absolute atomic E-state index is 13.0. The molecule has 1 aromatic carbocycles. The third-order valence-electron chi connectivity index (χ3n) is 2.08. The van der Waals surface area contributed by atoms with Crippen LogP contribution in [0.2, 0.25) is 0 Å². The molecule has 1 nitrogen and oxygen atoms in total. The summed E-state index contributed by atoms with van der Waals surface area (Å²) in [5, 5.41) is 9.85. The number of hydrogen-bond acceptors (Lipinski definition) is 3. The van der Waals surface area contributed by atoms with Crippen LogP contribution in [-0.2, 0) is 6.61 Å². The summed E-state index contributed by atoms with van der Waals surface area (Å²) >= 11 is 2.68. The van der Waals surface area contributed by atoms with Crippen LogP contribution in [-0.4, -0.2) is 11.4 Å². The minimum atomic E-state index is -0.176. The molecule has 74 valence electrons. The van der Waals surface area contributed by atoms with Gasteiger partial charge in [-0.1, -0.05) is 6.07 Å². The van der Waals surface area contributed by atoms with Gasteiger partial charge < -0.3 is 5.11 Å². The Hall–Kier alpha value is -0.580. The van der Waals surface area contributed by atoms with Crippen molar-refractivity contribution >= 4 is 33.2 Å². The van der Waals surface area contributed by atoms with Gasteiger partial charge in [-0.3, -0.25) is 0 Å². The summed E-state index contributed by atoms with van der Waals surface area (Å²) in [6.07, 6.45) is 1.93. The average Bonchev–Trinajstić information content (AvgIpc) is 2.56. The number of thioether (sulfide) groups is 1. The van der Waals surface area contributed by atoms with E-state index < -0.39 is 0 Å². The summed E-state index contributed by atoms with van der Waals surface area (Å²) in [6, 6.07) is 5.24. The molecular formula is C10H9FOS2. The average molecular weight is 228 g/mol. The van der Waals surface area contributed by atoms with Gasteiger partial charge in [-0.25, -0.2) is 0 Å². The first kappa shape index (κ1) is 9.96. The Bertz CT molecular complexity index is 464. The second-order valence-electron chi connectivity index (χ2n) is 2.88. The summed E-state index contributed by atoms with van der Waals surface area (Å²) in [6.45, 7) is 0.00355. The first-order chi connectivity index (χ1) is 6.76. The Balaban J connectivity index is 2.75. The summed E-state index contributed by atoms with van der Waals surface area (Å²) in [5.74, 6) is 0. The van der Waals surface area contributed by atoms with Crippen molar-refractivity contribution in [3.63, 3.8) is 0 Å². The third-order valence-corrected chi connectivity index (χ3v) is 3.86. The lowest BCUT2D eigenvalue weighted by Crippen LogP contribution is -1.86. The maximum atomic E-state index is 13.0. The van der Waals surface area contributed by atoms with E-state index in [1.165, 1.54) is 6.07 Å². The predicted octanol–water partition coefficient (Wildman–Crippen LogP) is 3.25. The molecule has 1 N–H and O–H groups in total. The largest absolute Gasteiger partial charge is 0.392 e. The lowest BCUT2D eigenvalue weighted by Gasteiger charge is -2.05. The lowest BCUT2D eigenvalue weighted by atomic mass is 10.2. The van der Waals surface area contributed by atoms with Crippen LogP contribution in [0, 0.1) is 5.13 Å². The van der Waals surface area contributed by atoms with Gasteiger partial charge in [0.05, 0.1) is 6.61 Å². The first-order valence-electron chi connectivity index (χ1n) is 4.12. The van der Waals surface area contributed by atoms with Crippen molar-refractivity contribution in [2.45, 2.75) is 11.5 Å². The van der Waals surface area contributed by atoms with Crippen LogP contribution in [0.3, 0.4) is 0 Å². The van der Waals surface area contributed by atoms with Gasteiger partial charge >= 0.3 is 0 Å². The van der Waals surface area contributed by atoms with Gasteiger partial charge in [0.25, 0.3) is 0 Å². The number of aliphatic hydroxyl groups is 1. The van der Waals surface area contributed by atoms with E-state index >= 15 is 0 Å². The highest BCUT2D eigenvalue weighted by Crippen LogP contribution is 2.34. The van der Waals surface area contributed by atoms with Crippen LogP contribution >= 0.6 is 23.1 Å². The van der Waals surface area contributed by atoms with Gasteiger partial charge in [-0.15, -0.1) is 23.1 Å². The van der Waals surface area contributed by atoms with Crippen molar-refractivity contribution in [1.29, 1.82) is 0 Å². The number of hydrogen-bond donors (Lipinski definition) is 1. The normalized spacial score (nSPS) is 11.1. The van der Waals surface area contributed by atoms with Crippen LogP contribution in [0.15, 0.2) is 23.1 Å². The molecule has 0 radical (unpaired) electrons. The Morgan fingerprint density at radius 3 is 2.93 bits per heavy atom. The van der Waals surface area contributed by atoms with Crippen LogP contribution in [0.25, 0.3) is 10.1 Å². The number of halogens is 1. The molecule has 1 aromatic heterocycles. The van der Waals surface area contributed by atoms with E-state index in [0.717, 1.165) is 31.9 Å². The molecule has 0 saturated carbocycles. The molecule has 1 heterocycles. The van der Waals surface area contributed by atoms with Crippen molar-refractivity contribution in [1.82, 2.24) is 0 Å². The number of fused-ring (bicyclic) bond motifs is 1. The van der Waals surface area contributed by atoms with Crippen molar-refractivity contribution in [3.8, 4) is 0 Å². The zero-order valence-corrected chi connectivity index (χ0v) is 9.21. The van der Waals surface area contributed by atoms with Crippen LogP contribution < -0.4 is 0 Å². The molecule has 4 heteroatoms. The molecule has 0 aliphatic heterocycles. The standard InChI is InChI=1S/C10H9FOS2/c1-13-10-6(5-12)2-3-8-7(10)4-9(11)14-8/h2-4,12H,5H2,1H3. The summed E-state index contributed by atoms with van der Waals surface area (Å²) < 4.78 is 14.0. The van der Waals surface area contributed by atoms with E-state index in [4.69, 9.17) is 5.11 Å². The molecule has 0 spiro atoms. The number of aliphatic hydroxyl groups excluding tert-OH is 1. The zero-order valence-electron chi connectivity index (χ0n) is 7.58. The van der Waals surface area contributed by atoms with Crippen molar-refractivity contribution in [3.05, 3.63) is 28.9 Å². The van der Waals surface area contributed by atoms with Gasteiger partial charge in [0, 0.05) is 15.0 Å².